The highest BCUT2D eigenvalue weighted by molar-refractivity contribution is 6.31. The molecule has 0 spiro atoms. The van der Waals surface area contributed by atoms with Crippen molar-refractivity contribution in [3.05, 3.63) is 11.5 Å². The lowest BCUT2D eigenvalue weighted by Gasteiger charge is -2.29. The van der Waals surface area contributed by atoms with Crippen LogP contribution >= 0.6 is 11.6 Å². The molecule has 1 saturated carbocycles. The van der Waals surface area contributed by atoms with Crippen molar-refractivity contribution in [2.24, 2.45) is 5.92 Å². The lowest BCUT2D eigenvalue weighted by atomic mass is 9.88. The van der Waals surface area contributed by atoms with Crippen molar-refractivity contribution in [1.82, 2.24) is 9.97 Å². The Morgan fingerprint density at radius 2 is 2.06 bits per heavy atom. The van der Waals surface area contributed by atoms with Crippen molar-refractivity contribution in [2.45, 2.75) is 38.7 Å². The van der Waals surface area contributed by atoms with Gasteiger partial charge in [-0.15, -0.1) is 0 Å². The van der Waals surface area contributed by atoms with Crippen molar-refractivity contribution >= 4 is 11.6 Å². The third-order valence-corrected chi connectivity index (χ3v) is 3.50. The van der Waals surface area contributed by atoms with Gasteiger partial charge in [-0.1, -0.05) is 24.9 Å². The van der Waals surface area contributed by atoms with Gasteiger partial charge in [0.25, 0.3) is 5.88 Å². The number of aromatic nitrogens is 2. The third kappa shape index (κ3) is 2.80. The second kappa shape index (κ2) is 5.54. The fourth-order valence-corrected chi connectivity index (χ4v) is 2.40. The van der Waals surface area contributed by atoms with Crippen LogP contribution < -0.4 is 9.47 Å². The predicted molar refractivity (Wildman–Crippen MR) is 65.6 cm³/mol. The molecule has 2 unspecified atom stereocenters. The normalized spacial score (nSPS) is 24.4. The average Bonchev–Trinajstić information content (AvgIpc) is 2.32. The van der Waals surface area contributed by atoms with Crippen LogP contribution in [0.2, 0.25) is 5.15 Å². The highest BCUT2D eigenvalue weighted by atomic mass is 35.5. The van der Waals surface area contributed by atoms with E-state index >= 15 is 0 Å². The summed E-state index contributed by atoms with van der Waals surface area (Å²) in [6.45, 7) is 2.21. The molecule has 0 N–H and O–H groups in total. The lowest BCUT2D eigenvalue weighted by molar-refractivity contribution is 0.0937. The number of hydrogen-bond acceptors (Lipinski definition) is 4. The summed E-state index contributed by atoms with van der Waals surface area (Å²) < 4.78 is 11.1. The first-order valence-corrected chi connectivity index (χ1v) is 6.31. The van der Waals surface area contributed by atoms with Crippen LogP contribution in [-0.2, 0) is 0 Å². The summed E-state index contributed by atoms with van der Waals surface area (Å²) in [6.07, 6.45) is 6.34. The highest BCUT2D eigenvalue weighted by Crippen LogP contribution is 2.34. The van der Waals surface area contributed by atoms with E-state index in [0.29, 0.717) is 22.7 Å². The standard InChI is InChI=1S/C12H17ClN2O2/c1-8-5-3-4-6-9(8)17-12-10(16-2)11(13)14-7-15-12/h7-9H,3-6H2,1-2H3. The average molecular weight is 257 g/mol. The van der Waals surface area contributed by atoms with Crippen molar-refractivity contribution < 1.29 is 9.47 Å². The Morgan fingerprint density at radius 1 is 1.29 bits per heavy atom. The number of rotatable bonds is 3. The van der Waals surface area contributed by atoms with Crippen molar-refractivity contribution in [3.63, 3.8) is 0 Å². The van der Waals surface area contributed by atoms with Crippen LogP contribution in [0, 0.1) is 5.92 Å². The van der Waals surface area contributed by atoms with Gasteiger partial charge in [-0.05, 0) is 25.2 Å². The Kier molecular flexibility index (Phi) is 4.05. The number of hydrogen-bond donors (Lipinski definition) is 0. The second-order valence-corrected chi connectivity index (χ2v) is 4.78. The topological polar surface area (TPSA) is 44.2 Å². The Labute approximate surface area is 106 Å². The zero-order chi connectivity index (χ0) is 12.3. The van der Waals surface area contributed by atoms with E-state index < -0.39 is 0 Å². The first-order valence-electron chi connectivity index (χ1n) is 5.93. The van der Waals surface area contributed by atoms with Gasteiger partial charge in [0.15, 0.2) is 5.15 Å². The molecule has 1 heterocycles. The van der Waals surface area contributed by atoms with Crippen LogP contribution in [0.25, 0.3) is 0 Å². The van der Waals surface area contributed by atoms with Crippen LogP contribution in [0.5, 0.6) is 11.6 Å². The first-order chi connectivity index (χ1) is 8.22. The van der Waals surface area contributed by atoms with Gasteiger partial charge in [0.2, 0.25) is 5.75 Å². The largest absolute Gasteiger partial charge is 0.489 e. The fraction of sp³-hybridized carbons (Fsp3) is 0.667. The Morgan fingerprint density at radius 3 is 2.76 bits per heavy atom. The molecule has 1 aromatic rings. The van der Waals surface area contributed by atoms with Gasteiger partial charge in [0.05, 0.1) is 7.11 Å². The Hall–Kier alpha value is -1.03. The molecule has 0 amide bonds. The van der Waals surface area contributed by atoms with E-state index in [4.69, 9.17) is 21.1 Å². The highest BCUT2D eigenvalue weighted by Gasteiger charge is 2.25. The van der Waals surface area contributed by atoms with Gasteiger partial charge in [0, 0.05) is 0 Å². The molecule has 1 fully saturated rings. The van der Waals surface area contributed by atoms with Crippen molar-refractivity contribution in [3.8, 4) is 11.6 Å². The summed E-state index contributed by atoms with van der Waals surface area (Å²) in [5, 5.41) is 0.293. The Balaban J connectivity index is 2.14. The molecule has 2 rings (SSSR count). The van der Waals surface area contributed by atoms with E-state index in [1.54, 1.807) is 7.11 Å². The van der Waals surface area contributed by atoms with E-state index in [1.807, 2.05) is 0 Å². The summed E-state index contributed by atoms with van der Waals surface area (Å²) in [5.41, 5.74) is 0. The maximum absolute atomic E-state index is 5.93. The maximum atomic E-state index is 5.93. The summed E-state index contributed by atoms with van der Waals surface area (Å²) >= 11 is 5.93. The summed E-state index contributed by atoms with van der Waals surface area (Å²) in [5.74, 6) is 1.42. The van der Waals surface area contributed by atoms with Gasteiger partial charge in [0.1, 0.15) is 12.4 Å². The van der Waals surface area contributed by atoms with Crippen LogP contribution in [0.1, 0.15) is 32.6 Å². The van der Waals surface area contributed by atoms with E-state index in [0.717, 1.165) is 6.42 Å². The molecule has 0 radical (unpaired) electrons. The fourth-order valence-electron chi connectivity index (χ4n) is 2.19. The molecule has 1 aromatic heterocycles. The number of halogens is 1. The molecule has 0 aromatic carbocycles. The second-order valence-electron chi connectivity index (χ2n) is 4.42. The first kappa shape index (κ1) is 12.4. The molecule has 4 nitrogen and oxygen atoms in total. The van der Waals surface area contributed by atoms with E-state index in [9.17, 15) is 0 Å². The minimum Gasteiger partial charge on any atom is -0.489 e. The van der Waals surface area contributed by atoms with Gasteiger partial charge in [-0.25, -0.2) is 4.98 Å². The summed E-state index contributed by atoms with van der Waals surface area (Å²) in [7, 11) is 1.54. The maximum Gasteiger partial charge on any atom is 0.262 e. The molecule has 17 heavy (non-hydrogen) atoms. The van der Waals surface area contributed by atoms with Crippen LogP contribution in [-0.4, -0.2) is 23.2 Å². The van der Waals surface area contributed by atoms with Crippen LogP contribution in [0.3, 0.4) is 0 Å². The number of nitrogens with zero attached hydrogens (tertiary/aromatic N) is 2. The quantitative estimate of drug-likeness (QED) is 0.780. The molecule has 2 atom stereocenters. The third-order valence-electron chi connectivity index (χ3n) is 3.23. The van der Waals surface area contributed by atoms with E-state index in [1.165, 1.54) is 25.6 Å². The number of methoxy groups -OCH3 is 1. The predicted octanol–water partition coefficient (Wildman–Crippen LogP) is 3.10. The lowest BCUT2D eigenvalue weighted by Crippen LogP contribution is -2.28. The Bertz CT molecular complexity index is 387. The number of ether oxygens (including phenoxy) is 2. The molecule has 0 bridgehead atoms. The molecule has 1 aliphatic carbocycles. The minimum absolute atomic E-state index is 0.198. The molecular weight excluding hydrogens is 240 g/mol. The van der Waals surface area contributed by atoms with Gasteiger partial charge >= 0.3 is 0 Å². The monoisotopic (exact) mass is 256 g/mol. The molecule has 0 saturated heterocycles. The minimum atomic E-state index is 0.198. The molecule has 0 aliphatic heterocycles. The SMILES string of the molecule is COc1c(Cl)ncnc1OC1CCCCC1C. The summed E-state index contributed by atoms with van der Waals surface area (Å²) in [6, 6.07) is 0. The summed E-state index contributed by atoms with van der Waals surface area (Å²) in [4.78, 5) is 7.97. The zero-order valence-electron chi connectivity index (χ0n) is 10.1. The van der Waals surface area contributed by atoms with Gasteiger partial charge in [-0.2, -0.15) is 4.98 Å². The van der Waals surface area contributed by atoms with Gasteiger partial charge in [-0.3, -0.25) is 0 Å². The van der Waals surface area contributed by atoms with Crippen LogP contribution in [0.4, 0.5) is 0 Å². The van der Waals surface area contributed by atoms with Crippen molar-refractivity contribution in [2.75, 3.05) is 7.11 Å². The van der Waals surface area contributed by atoms with E-state index in [2.05, 4.69) is 16.9 Å². The molecular formula is C12H17ClN2O2. The van der Waals surface area contributed by atoms with Gasteiger partial charge < -0.3 is 9.47 Å². The zero-order valence-corrected chi connectivity index (χ0v) is 10.9. The molecule has 1 aliphatic rings. The molecule has 5 heteroatoms. The molecule has 94 valence electrons. The van der Waals surface area contributed by atoms with Crippen molar-refractivity contribution in [1.29, 1.82) is 0 Å². The smallest absolute Gasteiger partial charge is 0.262 e. The van der Waals surface area contributed by atoms with E-state index in [-0.39, 0.29) is 6.10 Å². The van der Waals surface area contributed by atoms with Crippen LogP contribution in [0.15, 0.2) is 6.33 Å².